The van der Waals surface area contributed by atoms with Crippen molar-refractivity contribution in [1.82, 2.24) is 25.0 Å². The van der Waals surface area contributed by atoms with E-state index in [4.69, 9.17) is 5.14 Å². The number of nitrogens with one attached hydrogen (secondary N) is 1. The summed E-state index contributed by atoms with van der Waals surface area (Å²) in [5.41, 5.74) is 0.624. The fourth-order valence-corrected chi connectivity index (χ4v) is 2.36. The van der Waals surface area contributed by atoms with Gasteiger partial charge in [-0.15, -0.1) is 10.2 Å². The summed E-state index contributed by atoms with van der Waals surface area (Å²) in [6.07, 6.45) is 3.38. The lowest BCUT2D eigenvalue weighted by Crippen LogP contribution is -2.18. The van der Waals surface area contributed by atoms with Gasteiger partial charge in [0.25, 0.3) is 15.2 Å². The second kappa shape index (κ2) is 3.37. The van der Waals surface area contributed by atoms with Gasteiger partial charge in [0.15, 0.2) is 5.82 Å². The second-order valence-electron chi connectivity index (χ2n) is 3.92. The van der Waals surface area contributed by atoms with Crippen LogP contribution in [0, 0.1) is 0 Å². The Bertz CT molecular complexity index is 640. The molecule has 1 fully saturated rings. The number of hydrogen-bond donors (Lipinski definition) is 2. The standard InChI is InChI=1S/C8H10N6O2S/c9-17(15,16)8-13-12-7(6-3-4-10-11-6)14(8)5-1-2-5/h3-5H,1-2H2,(H,10,11)(H2,9,15,16). The van der Waals surface area contributed by atoms with Gasteiger partial charge < -0.3 is 0 Å². The van der Waals surface area contributed by atoms with Crippen LogP contribution in [-0.4, -0.2) is 33.4 Å². The molecule has 0 radical (unpaired) electrons. The Balaban J connectivity index is 2.21. The third kappa shape index (κ3) is 1.72. The summed E-state index contributed by atoms with van der Waals surface area (Å²) in [4.78, 5) is 0. The third-order valence-corrected chi connectivity index (χ3v) is 3.36. The Morgan fingerprint density at radius 2 is 2.18 bits per heavy atom. The first kappa shape index (κ1) is 10.4. The average Bonchev–Trinajstić information content (AvgIpc) is 2.81. The number of hydrogen-bond acceptors (Lipinski definition) is 5. The van der Waals surface area contributed by atoms with E-state index in [-0.39, 0.29) is 11.2 Å². The van der Waals surface area contributed by atoms with Gasteiger partial charge in [0.05, 0.1) is 0 Å². The van der Waals surface area contributed by atoms with E-state index in [1.807, 2.05) is 0 Å². The van der Waals surface area contributed by atoms with Crippen LogP contribution in [-0.2, 0) is 10.0 Å². The molecule has 0 unspecified atom stereocenters. The van der Waals surface area contributed by atoms with Crippen molar-refractivity contribution in [3.05, 3.63) is 12.3 Å². The Morgan fingerprint density at radius 3 is 2.71 bits per heavy atom. The Labute approximate surface area is 96.9 Å². The smallest absolute Gasteiger partial charge is 0.273 e. The van der Waals surface area contributed by atoms with Crippen LogP contribution in [0.25, 0.3) is 11.5 Å². The van der Waals surface area contributed by atoms with Crippen molar-refractivity contribution >= 4 is 10.0 Å². The van der Waals surface area contributed by atoms with Gasteiger partial charge in [0.1, 0.15) is 5.69 Å². The molecule has 17 heavy (non-hydrogen) atoms. The number of H-pyrrole nitrogens is 1. The molecule has 2 aromatic rings. The summed E-state index contributed by atoms with van der Waals surface area (Å²) in [7, 11) is -3.85. The monoisotopic (exact) mass is 254 g/mol. The van der Waals surface area contributed by atoms with Crippen LogP contribution >= 0.6 is 0 Å². The van der Waals surface area contributed by atoms with E-state index < -0.39 is 10.0 Å². The Morgan fingerprint density at radius 1 is 1.41 bits per heavy atom. The van der Waals surface area contributed by atoms with Gasteiger partial charge in [-0.3, -0.25) is 9.67 Å². The maximum atomic E-state index is 11.4. The molecule has 2 aromatic heterocycles. The number of primary sulfonamides is 1. The molecule has 0 aliphatic heterocycles. The number of aromatic nitrogens is 5. The summed E-state index contributed by atoms with van der Waals surface area (Å²) in [6.45, 7) is 0. The molecule has 0 aromatic carbocycles. The SMILES string of the molecule is NS(=O)(=O)c1nnc(-c2ccn[nH]2)n1C1CC1. The second-order valence-corrected chi connectivity index (χ2v) is 5.38. The van der Waals surface area contributed by atoms with Crippen LogP contribution in [0.1, 0.15) is 18.9 Å². The van der Waals surface area contributed by atoms with Crippen LogP contribution in [0.2, 0.25) is 0 Å². The minimum atomic E-state index is -3.85. The van der Waals surface area contributed by atoms with Gasteiger partial charge in [0.2, 0.25) is 0 Å². The number of aromatic amines is 1. The summed E-state index contributed by atoms with van der Waals surface area (Å²) in [5, 5.41) is 19.0. The molecule has 0 atom stereocenters. The van der Waals surface area contributed by atoms with Crippen LogP contribution in [0.15, 0.2) is 17.4 Å². The summed E-state index contributed by atoms with van der Waals surface area (Å²) < 4.78 is 24.4. The summed E-state index contributed by atoms with van der Waals surface area (Å²) >= 11 is 0. The number of nitrogens with zero attached hydrogens (tertiary/aromatic N) is 4. The number of nitrogens with two attached hydrogens (primary N) is 1. The quantitative estimate of drug-likeness (QED) is 0.775. The predicted octanol–water partition coefficient (Wildman–Crippen LogP) is -0.350. The minimum absolute atomic E-state index is 0.108. The van der Waals surface area contributed by atoms with Gasteiger partial charge in [0, 0.05) is 12.2 Å². The first-order valence-electron chi connectivity index (χ1n) is 5.05. The lowest BCUT2D eigenvalue weighted by molar-refractivity contribution is 0.567. The maximum Gasteiger partial charge on any atom is 0.273 e. The van der Waals surface area contributed by atoms with Crippen molar-refractivity contribution in [2.24, 2.45) is 5.14 Å². The molecule has 0 amide bonds. The van der Waals surface area contributed by atoms with E-state index >= 15 is 0 Å². The molecular weight excluding hydrogens is 244 g/mol. The highest BCUT2D eigenvalue weighted by Gasteiger charge is 2.33. The zero-order valence-corrected chi connectivity index (χ0v) is 9.55. The van der Waals surface area contributed by atoms with Gasteiger partial charge in [-0.25, -0.2) is 13.6 Å². The van der Waals surface area contributed by atoms with Crippen molar-refractivity contribution in [2.75, 3.05) is 0 Å². The molecule has 9 heteroatoms. The van der Waals surface area contributed by atoms with Crippen molar-refractivity contribution in [2.45, 2.75) is 24.0 Å². The van der Waals surface area contributed by atoms with Crippen molar-refractivity contribution in [3.8, 4) is 11.5 Å². The van der Waals surface area contributed by atoms with Gasteiger partial charge in [-0.2, -0.15) is 5.10 Å². The van der Waals surface area contributed by atoms with Gasteiger partial charge in [-0.1, -0.05) is 0 Å². The van der Waals surface area contributed by atoms with Gasteiger partial charge in [-0.05, 0) is 18.9 Å². The van der Waals surface area contributed by atoms with Crippen LogP contribution < -0.4 is 5.14 Å². The Kier molecular flexibility index (Phi) is 2.07. The fraction of sp³-hybridized carbons (Fsp3) is 0.375. The minimum Gasteiger partial charge on any atom is -0.292 e. The number of sulfonamides is 1. The van der Waals surface area contributed by atoms with E-state index in [0.29, 0.717) is 11.5 Å². The topological polar surface area (TPSA) is 120 Å². The molecule has 3 N–H and O–H groups in total. The normalized spacial score (nSPS) is 16.3. The molecule has 1 aliphatic carbocycles. The van der Waals surface area contributed by atoms with Crippen molar-refractivity contribution < 1.29 is 8.42 Å². The zero-order chi connectivity index (χ0) is 12.0. The lowest BCUT2D eigenvalue weighted by atomic mass is 10.4. The zero-order valence-electron chi connectivity index (χ0n) is 8.74. The molecule has 1 aliphatic rings. The van der Waals surface area contributed by atoms with Crippen LogP contribution in [0.5, 0.6) is 0 Å². The molecule has 2 heterocycles. The third-order valence-electron chi connectivity index (χ3n) is 2.57. The summed E-state index contributed by atoms with van der Waals surface area (Å²) in [6, 6.07) is 1.81. The molecule has 8 nitrogen and oxygen atoms in total. The van der Waals surface area contributed by atoms with E-state index in [1.165, 1.54) is 0 Å². The number of rotatable bonds is 3. The maximum absolute atomic E-state index is 11.4. The van der Waals surface area contributed by atoms with Crippen LogP contribution in [0.3, 0.4) is 0 Å². The van der Waals surface area contributed by atoms with E-state index in [0.717, 1.165) is 12.8 Å². The molecular formula is C8H10N6O2S. The fourth-order valence-electron chi connectivity index (χ4n) is 1.70. The lowest BCUT2D eigenvalue weighted by Gasteiger charge is -2.05. The summed E-state index contributed by atoms with van der Waals surface area (Å²) in [5.74, 6) is 0.453. The first-order valence-corrected chi connectivity index (χ1v) is 6.59. The predicted molar refractivity (Wildman–Crippen MR) is 57.2 cm³/mol. The molecule has 0 bridgehead atoms. The molecule has 3 rings (SSSR count). The highest BCUT2D eigenvalue weighted by molar-refractivity contribution is 7.89. The molecule has 90 valence electrons. The van der Waals surface area contributed by atoms with E-state index in [2.05, 4.69) is 20.4 Å². The molecule has 0 saturated heterocycles. The van der Waals surface area contributed by atoms with Gasteiger partial charge >= 0.3 is 0 Å². The van der Waals surface area contributed by atoms with Crippen molar-refractivity contribution in [3.63, 3.8) is 0 Å². The highest BCUT2D eigenvalue weighted by atomic mass is 32.2. The Hall–Kier alpha value is -1.74. The average molecular weight is 254 g/mol. The highest BCUT2D eigenvalue weighted by Crippen LogP contribution is 2.39. The van der Waals surface area contributed by atoms with E-state index in [9.17, 15) is 8.42 Å². The van der Waals surface area contributed by atoms with E-state index in [1.54, 1.807) is 16.8 Å². The molecule has 0 spiro atoms. The largest absolute Gasteiger partial charge is 0.292 e. The first-order chi connectivity index (χ1) is 8.07. The van der Waals surface area contributed by atoms with Crippen LogP contribution in [0.4, 0.5) is 0 Å². The van der Waals surface area contributed by atoms with Crippen molar-refractivity contribution in [1.29, 1.82) is 0 Å². The molecule has 1 saturated carbocycles.